The molecule has 0 saturated carbocycles. The smallest absolute Gasteiger partial charge is 0.146 e. The van der Waals surface area contributed by atoms with Gasteiger partial charge in [-0.1, -0.05) is 26.7 Å². The zero-order chi connectivity index (χ0) is 10.1. The van der Waals surface area contributed by atoms with Gasteiger partial charge in [0.05, 0.1) is 5.25 Å². The van der Waals surface area contributed by atoms with Crippen LogP contribution in [0.1, 0.15) is 46.0 Å². The van der Waals surface area contributed by atoms with Crippen molar-refractivity contribution >= 4 is 17.5 Å². The zero-order valence-corrected chi connectivity index (χ0v) is 9.19. The van der Waals surface area contributed by atoms with Crippen molar-refractivity contribution in [3.63, 3.8) is 0 Å². The molecular weight excluding hydrogens is 182 g/mol. The van der Waals surface area contributed by atoms with Gasteiger partial charge in [-0.25, -0.2) is 0 Å². The Kier molecular flexibility index (Phi) is 7.82. The highest BCUT2D eigenvalue weighted by atomic mass is 32.2. The second-order valence-corrected chi connectivity index (χ2v) is 4.04. The molecule has 74 valence electrons. The monoisotopic (exact) mass is 199 g/mol. The Labute approximate surface area is 84.7 Å². The molecule has 3 heteroatoms. The van der Waals surface area contributed by atoms with E-state index in [0.29, 0.717) is 6.42 Å². The summed E-state index contributed by atoms with van der Waals surface area (Å²) < 4.78 is 0. The molecule has 13 heavy (non-hydrogen) atoms. The first-order valence-corrected chi connectivity index (χ1v) is 5.71. The average Bonchev–Trinajstić information content (AvgIpc) is 2.14. The van der Waals surface area contributed by atoms with Gasteiger partial charge in [0.2, 0.25) is 0 Å². The molecule has 2 nitrogen and oxygen atoms in total. The average molecular weight is 199 g/mol. The lowest BCUT2D eigenvalue weighted by Gasteiger charge is -2.09. The van der Waals surface area contributed by atoms with Gasteiger partial charge in [-0.2, -0.15) is 5.26 Å². The lowest BCUT2D eigenvalue weighted by atomic mass is 10.1. The van der Waals surface area contributed by atoms with Crippen LogP contribution >= 0.6 is 11.8 Å². The number of hydrogen-bond acceptors (Lipinski definition) is 3. The van der Waals surface area contributed by atoms with Crippen molar-refractivity contribution in [2.75, 3.05) is 0 Å². The molecule has 0 aliphatic heterocycles. The van der Waals surface area contributed by atoms with Gasteiger partial charge in [-0.05, 0) is 24.6 Å². The van der Waals surface area contributed by atoms with Crippen LogP contribution in [0.3, 0.4) is 0 Å². The predicted molar refractivity (Wildman–Crippen MR) is 56.4 cm³/mol. The maximum atomic E-state index is 11.5. The first-order valence-electron chi connectivity index (χ1n) is 4.83. The topological polar surface area (TPSA) is 40.9 Å². The Morgan fingerprint density at radius 2 is 2.15 bits per heavy atom. The molecule has 0 aromatic heterocycles. The maximum absolute atomic E-state index is 11.5. The number of thiocyanates is 1. The summed E-state index contributed by atoms with van der Waals surface area (Å²) in [5, 5.41) is 10.4. The largest absolute Gasteiger partial charge is 0.298 e. The molecule has 0 aromatic rings. The van der Waals surface area contributed by atoms with E-state index in [1.165, 1.54) is 0 Å². The van der Waals surface area contributed by atoms with Crippen LogP contribution in [0.4, 0.5) is 0 Å². The van der Waals surface area contributed by atoms with Gasteiger partial charge in [0.1, 0.15) is 11.2 Å². The van der Waals surface area contributed by atoms with Crippen LogP contribution in [-0.2, 0) is 4.79 Å². The van der Waals surface area contributed by atoms with Crippen molar-refractivity contribution in [1.82, 2.24) is 0 Å². The van der Waals surface area contributed by atoms with Crippen molar-refractivity contribution in [2.24, 2.45) is 0 Å². The van der Waals surface area contributed by atoms with Crippen LogP contribution in [0.5, 0.6) is 0 Å². The summed E-state index contributed by atoms with van der Waals surface area (Å²) in [6, 6.07) is 0. The minimum atomic E-state index is -0.0819. The molecule has 0 aromatic carbocycles. The molecule has 0 radical (unpaired) electrons. The van der Waals surface area contributed by atoms with Crippen molar-refractivity contribution < 1.29 is 4.79 Å². The number of Topliss-reactive ketones (excluding diaryl/α,β-unsaturated/α-hetero) is 1. The Bertz CT molecular complexity index is 186. The van der Waals surface area contributed by atoms with E-state index < -0.39 is 0 Å². The predicted octanol–water partition coefficient (Wildman–Crippen LogP) is 3.13. The second kappa shape index (κ2) is 8.12. The van der Waals surface area contributed by atoms with Crippen LogP contribution in [0.2, 0.25) is 0 Å². The van der Waals surface area contributed by atoms with Gasteiger partial charge in [-0.15, -0.1) is 0 Å². The van der Waals surface area contributed by atoms with Gasteiger partial charge in [0, 0.05) is 6.42 Å². The number of rotatable bonds is 7. The molecule has 0 fully saturated rings. The van der Waals surface area contributed by atoms with Gasteiger partial charge >= 0.3 is 0 Å². The van der Waals surface area contributed by atoms with E-state index in [0.717, 1.165) is 37.4 Å². The SMILES string of the molecule is CCCCC(=O)C(CCC)SC#N. The van der Waals surface area contributed by atoms with Crippen LogP contribution in [-0.4, -0.2) is 11.0 Å². The Morgan fingerprint density at radius 3 is 2.62 bits per heavy atom. The van der Waals surface area contributed by atoms with Crippen LogP contribution < -0.4 is 0 Å². The lowest BCUT2D eigenvalue weighted by molar-refractivity contribution is -0.118. The van der Waals surface area contributed by atoms with Crippen molar-refractivity contribution in [1.29, 1.82) is 5.26 Å². The van der Waals surface area contributed by atoms with E-state index in [9.17, 15) is 4.79 Å². The number of ketones is 1. The molecule has 0 bridgehead atoms. The number of thioether (sulfide) groups is 1. The number of nitrogens with zero attached hydrogens (tertiary/aromatic N) is 1. The highest BCUT2D eigenvalue weighted by molar-refractivity contribution is 8.04. The Balaban J connectivity index is 3.89. The van der Waals surface area contributed by atoms with Crippen LogP contribution in [0.25, 0.3) is 0 Å². The fraction of sp³-hybridized carbons (Fsp3) is 0.800. The van der Waals surface area contributed by atoms with Crippen LogP contribution in [0.15, 0.2) is 0 Å². The van der Waals surface area contributed by atoms with Crippen molar-refractivity contribution in [3.05, 3.63) is 0 Å². The van der Waals surface area contributed by atoms with E-state index >= 15 is 0 Å². The molecular formula is C10H17NOS. The summed E-state index contributed by atoms with van der Waals surface area (Å²) in [7, 11) is 0. The summed E-state index contributed by atoms with van der Waals surface area (Å²) in [6.45, 7) is 4.11. The molecule has 0 saturated heterocycles. The van der Waals surface area contributed by atoms with E-state index in [1.54, 1.807) is 0 Å². The summed E-state index contributed by atoms with van der Waals surface area (Å²) in [4.78, 5) is 11.5. The van der Waals surface area contributed by atoms with Gasteiger partial charge in [-0.3, -0.25) is 4.79 Å². The standard InChI is InChI=1S/C10H17NOS/c1-3-5-7-9(12)10(6-4-2)13-8-11/h10H,3-7H2,1-2H3. The molecule has 1 atom stereocenters. The molecule has 0 amide bonds. The van der Waals surface area contributed by atoms with Crippen molar-refractivity contribution in [2.45, 2.75) is 51.2 Å². The van der Waals surface area contributed by atoms with E-state index in [2.05, 4.69) is 6.92 Å². The summed E-state index contributed by atoms with van der Waals surface area (Å²) in [5.41, 5.74) is 0. The third-order valence-electron chi connectivity index (χ3n) is 1.88. The summed E-state index contributed by atoms with van der Waals surface area (Å²) in [6.07, 6.45) is 4.43. The molecule has 0 aliphatic rings. The van der Waals surface area contributed by atoms with E-state index in [-0.39, 0.29) is 11.0 Å². The number of carbonyl (C=O) groups is 1. The minimum absolute atomic E-state index is 0.0819. The third kappa shape index (κ3) is 5.70. The van der Waals surface area contributed by atoms with E-state index in [1.807, 2.05) is 12.3 Å². The molecule has 0 spiro atoms. The summed E-state index contributed by atoms with van der Waals surface area (Å²) >= 11 is 1.12. The Morgan fingerprint density at radius 1 is 1.46 bits per heavy atom. The zero-order valence-electron chi connectivity index (χ0n) is 8.38. The van der Waals surface area contributed by atoms with Gasteiger partial charge in [0.15, 0.2) is 0 Å². The fourth-order valence-electron chi connectivity index (χ4n) is 1.12. The molecule has 1 unspecified atom stereocenters. The maximum Gasteiger partial charge on any atom is 0.146 e. The van der Waals surface area contributed by atoms with Crippen LogP contribution in [0, 0.1) is 10.7 Å². The number of unbranched alkanes of at least 4 members (excludes halogenated alkanes) is 1. The molecule has 0 rings (SSSR count). The molecule has 0 heterocycles. The Hall–Kier alpha value is -0.490. The normalized spacial score (nSPS) is 12.1. The quantitative estimate of drug-likeness (QED) is 0.591. The first kappa shape index (κ1) is 12.5. The lowest BCUT2D eigenvalue weighted by Crippen LogP contribution is -2.16. The van der Waals surface area contributed by atoms with E-state index in [4.69, 9.17) is 5.26 Å². The number of nitriles is 1. The first-order chi connectivity index (χ1) is 6.26. The minimum Gasteiger partial charge on any atom is -0.298 e. The molecule has 0 aliphatic carbocycles. The molecule has 0 N–H and O–H groups in total. The fourth-order valence-corrected chi connectivity index (χ4v) is 1.85. The number of carbonyl (C=O) groups excluding carboxylic acids is 1. The third-order valence-corrected chi connectivity index (χ3v) is 2.77. The second-order valence-electron chi connectivity index (χ2n) is 3.06. The summed E-state index contributed by atoms with van der Waals surface area (Å²) in [5.74, 6) is 0.246. The highest BCUT2D eigenvalue weighted by Gasteiger charge is 2.16. The highest BCUT2D eigenvalue weighted by Crippen LogP contribution is 2.18. The number of hydrogen-bond donors (Lipinski definition) is 0. The van der Waals surface area contributed by atoms with Gasteiger partial charge < -0.3 is 0 Å². The van der Waals surface area contributed by atoms with Crippen molar-refractivity contribution in [3.8, 4) is 5.40 Å². The van der Waals surface area contributed by atoms with Gasteiger partial charge in [0.25, 0.3) is 0 Å².